The second kappa shape index (κ2) is 4.84. The molecule has 0 radical (unpaired) electrons. The van der Waals surface area contributed by atoms with Gasteiger partial charge in [-0.15, -0.1) is 0 Å². The Kier molecular flexibility index (Phi) is 2.86. The second-order valence-corrected chi connectivity index (χ2v) is 3.90. The summed E-state index contributed by atoms with van der Waals surface area (Å²) in [6.45, 7) is 5.11. The molecule has 16 heavy (non-hydrogen) atoms. The van der Waals surface area contributed by atoms with Crippen LogP contribution in [0, 0.1) is 5.92 Å². The van der Waals surface area contributed by atoms with Crippen LogP contribution in [0.5, 0.6) is 0 Å². The summed E-state index contributed by atoms with van der Waals surface area (Å²) < 4.78 is 7.43. The first-order valence-electron chi connectivity index (χ1n) is 5.93. The van der Waals surface area contributed by atoms with Crippen LogP contribution in [0.1, 0.15) is 7.79 Å². The van der Waals surface area contributed by atoms with Gasteiger partial charge >= 0.3 is 0 Å². The van der Waals surface area contributed by atoms with Crippen molar-refractivity contribution in [2.24, 2.45) is 5.92 Å². The van der Waals surface area contributed by atoms with Gasteiger partial charge in [0.1, 0.15) is 0 Å². The van der Waals surface area contributed by atoms with Crippen molar-refractivity contribution in [3.8, 4) is 0 Å². The molecule has 0 aromatic heterocycles. The number of amides is 1. The third-order valence-corrected chi connectivity index (χ3v) is 2.87. The van der Waals surface area contributed by atoms with Gasteiger partial charge in [0.2, 0.25) is 5.91 Å². The molecule has 0 saturated carbocycles. The van der Waals surface area contributed by atoms with Crippen LogP contribution in [0.25, 0.3) is 0 Å². The molecule has 1 N–H and O–H groups in total. The number of hydrogen-bond acceptors (Lipinski definition) is 2. The van der Waals surface area contributed by atoms with Crippen LogP contribution in [-0.4, -0.2) is 19.0 Å². The number of hydrogen-bond donors (Lipinski definition) is 1. The molecule has 0 spiro atoms. The number of carbonyl (C=O) groups is 1. The van der Waals surface area contributed by atoms with E-state index in [1.807, 2.05) is 12.1 Å². The van der Waals surface area contributed by atoms with E-state index < -0.39 is 0 Å². The maximum absolute atomic E-state index is 11.6. The summed E-state index contributed by atoms with van der Waals surface area (Å²) in [4.78, 5) is 13.8. The topological polar surface area (TPSA) is 32.3 Å². The van der Waals surface area contributed by atoms with Crippen LogP contribution in [0.15, 0.2) is 43.1 Å². The molecule has 1 heterocycles. The quantitative estimate of drug-likeness (QED) is 0.838. The highest BCUT2D eigenvalue weighted by molar-refractivity contribution is 5.80. The summed E-state index contributed by atoms with van der Waals surface area (Å²) >= 11 is 0. The smallest absolute Gasteiger partial charge is 0.228 e. The van der Waals surface area contributed by atoms with Crippen molar-refractivity contribution < 1.29 is 6.17 Å². The van der Waals surface area contributed by atoms with Gasteiger partial charge in [0.25, 0.3) is 0 Å². The van der Waals surface area contributed by atoms with Crippen molar-refractivity contribution in [2.75, 3.05) is 18.0 Å². The van der Waals surface area contributed by atoms with Crippen LogP contribution < -0.4 is 10.2 Å². The molecule has 1 aliphatic heterocycles. The van der Waals surface area contributed by atoms with E-state index in [4.69, 9.17) is 1.37 Å². The fourth-order valence-electron chi connectivity index (χ4n) is 2.02. The lowest BCUT2D eigenvalue weighted by molar-refractivity contribution is -0.123. The first kappa shape index (κ1) is 9.46. The maximum atomic E-state index is 11.6. The monoisotopic (exact) mass is 218 g/mol. The Balaban J connectivity index is 2.00. The summed E-state index contributed by atoms with van der Waals surface area (Å²) in [6, 6.07) is 7.90. The van der Waals surface area contributed by atoms with Gasteiger partial charge in [0.15, 0.2) is 0 Å². The summed E-state index contributed by atoms with van der Waals surface area (Å²) in [5, 5.41) is 2.64. The van der Waals surface area contributed by atoms with Crippen molar-refractivity contribution in [3.63, 3.8) is 0 Å². The number of nitrogens with one attached hydrogen (secondary N) is 1. The molecule has 1 amide bonds. The third kappa shape index (κ3) is 2.24. The van der Waals surface area contributed by atoms with Gasteiger partial charge in [0.05, 0.1) is 7.29 Å². The van der Waals surface area contributed by atoms with Crippen LogP contribution in [-0.2, 0) is 4.79 Å². The van der Waals surface area contributed by atoms with Crippen LogP contribution in [0.2, 0.25) is 0 Å². The summed E-state index contributed by atoms with van der Waals surface area (Å²) in [5.74, 6) is 0.0725. The van der Waals surface area contributed by atoms with Gasteiger partial charge < -0.3 is 10.2 Å². The summed E-state index contributed by atoms with van der Waals surface area (Å²) in [6.07, 6.45) is 2.29. The lowest BCUT2D eigenvalue weighted by atomic mass is 10.1. The van der Waals surface area contributed by atoms with E-state index in [1.165, 1.54) is 6.20 Å². The van der Waals surface area contributed by atoms with Crippen LogP contribution in [0.4, 0.5) is 5.69 Å². The average Bonchev–Trinajstić information content (AvgIpc) is 2.80. The van der Waals surface area contributed by atoms with E-state index in [9.17, 15) is 4.79 Å². The Bertz CT molecular complexity index is 416. The van der Waals surface area contributed by atoms with Gasteiger partial charge in [-0.2, -0.15) is 0 Å². The molecule has 1 atom stereocenters. The number of carbonyl (C=O) groups excluding carboxylic acids is 1. The average molecular weight is 218 g/mol. The summed E-state index contributed by atoms with van der Waals surface area (Å²) in [5.41, 5.74) is 1.08. The van der Waals surface area contributed by atoms with Crippen LogP contribution in [0.3, 0.4) is 0 Å². The van der Waals surface area contributed by atoms with Gasteiger partial charge in [-0.25, -0.2) is 0 Å². The lowest BCUT2D eigenvalue weighted by Gasteiger charge is -2.18. The van der Waals surface area contributed by atoms with Crippen molar-refractivity contribution in [1.82, 2.24) is 5.32 Å². The first-order valence-corrected chi connectivity index (χ1v) is 5.43. The molecule has 1 fully saturated rings. The van der Waals surface area contributed by atoms with E-state index in [-0.39, 0.29) is 11.8 Å². The number of rotatable bonds is 3. The molecule has 1 aliphatic rings. The van der Waals surface area contributed by atoms with Gasteiger partial charge in [0, 0.05) is 18.8 Å². The minimum atomic E-state index is 0.0312. The Morgan fingerprint density at radius 2 is 2.38 bits per heavy atom. The zero-order valence-corrected chi connectivity index (χ0v) is 9.15. The first-order chi connectivity index (χ1) is 8.20. The van der Waals surface area contributed by atoms with E-state index in [2.05, 4.69) is 16.8 Å². The van der Waals surface area contributed by atoms with Gasteiger partial charge in [-0.1, -0.05) is 24.8 Å². The van der Waals surface area contributed by atoms with Crippen molar-refractivity contribution >= 4 is 11.6 Å². The maximum Gasteiger partial charge on any atom is 0.228 e. The number of nitrogens with zero attached hydrogens (tertiary/aromatic N) is 1. The van der Waals surface area contributed by atoms with Gasteiger partial charge in [-0.05, 0) is 24.8 Å². The fourth-order valence-corrected chi connectivity index (χ4v) is 2.02. The van der Waals surface area contributed by atoms with Gasteiger partial charge in [-0.3, -0.25) is 4.79 Å². The Morgan fingerprint density at radius 1 is 1.62 bits per heavy atom. The fraction of sp³-hybridized carbons (Fsp3) is 0.308. The minimum absolute atomic E-state index is 0.0312. The molecule has 1 unspecified atom stereocenters. The zero-order valence-electron chi connectivity index (χ0n) is 10.1. The SMILES string of the molecule is [3H]c1ccc(N2CCC(C(=O)NC=C)C2)cc1. The highest BCUT2D eigenvalue weighted by Gasteiger charge is 2.27. The predicted molar refractivity (Wildman–Crippen MR) is 65.1 cm³/mol. The Morgan fingerprint density at radius 3 is 3.06 bits per heavy atom. The van der Waals surface area contributed by atoms with E-state index >= 15 is 0 Å². The van der Waals surface area contributed by atoms with E-state index in [0.717, 1.165) is 25.2 Å². The highest BCUT2D eigenvalue weighted by Crippen LogP contribution is 2.23. The Hall–Kier alpha value is -1.77. The number of anilines is 1. The van der Waals surface area contributed by atoms with Crippen molar-refractivity contribution in [2.45, 2.75) is 6.42 Å². The molecule has 2 rings (SSSR count). The van der Waals surface area contributed by atoms with E-state index in [1.54, 1.807) is 12.1 Å². The normalized spacial score (nSPS) is 20.4. The molecule has 1 saturated heterocycles. The molecule has 3 nitrogen and oxygen atoms in total. The molecular formula is C13H16N2O. The second-order valence-electron chi connectivity index (χ2n) is 3.90. The number of para-hydroxylation sites is 1. The summed E-state index contributed by atoms with van der Waals surface area (Å²) in [7, 11) is 0. The lowest BCUT2D eigenvalue weighted by Crippen LogP contribution is -2.29. The largest absolute Gasteiger partial charge is 0.371 e. The molecule has 3 heteroatoms. The molecule has 1 aromatic carbocycles. The molecule has 0 bridgehead atoms. The Labute approximate surface area is 97.2 Å². The standard InChI is InChI=1S/C13H16N2O/c1-2-14-13(16)11-8-9-15(10-11)12-6-4-3-5-7-12/h2-7,11H,1,8-10H2,(H,14,16)/i3T. The van der Waals surface area contributed by atoms with E-state index in [0.29, 0.717) is 6.04 Å². The number of benzene rings is 1. The van der Waals surface area contributed by atoms with Crippen LogP contribution >= 0.6 is 0 Å². The predicted octanol–water partition coefficient (Wildman–Crippen LogP) is 1.77. The molecular weight excluding hydrogens is 200 g/mol. The van der Waals surface area contributed by atoms with Crippen molar-refractivity contribution in [3.05, 3.63) is 43.1 Å². The third-order valence-electron chi connectivity index (χ3n) is 2.87. The molecule has 84 valence electrons. The molecule has 1 aromatic rings. The highest BCUT2D eigenvalue weighted by atomic mass is 16.1. The molecule has 0 aliphatic carbocycles. The zero-order chi connectivity index (χ0) is 12.3. The minimum Gasteiger partial charge on any atom is -0.371 e. The van der Waals surface area contributed by atoms with Crippen molar-refractivity contribution in [1.29, 1.82) is 0 Å².